The van der Waals surface area contributed by atoms with Gasteiger partial charge in [-0.05, 0) is 43.7 Å². The summed E-state index contributed by atoms with van der Waals surface area (Å²) >= 11 is 6.00. The van der Waals surface area contributed by atoms with Gasteiger partial charge < -0.3 is 15.5 Å². The van der Waals surface area contributed by atoms with Crippen molar-refractivity contribution in [2.45, 2.75) is 19.4 Å². The molecule has 0 bridgehead atoms. The van der Waals surface area contributed by atoms with E-state index in [4.69, 9.17) is 11.6 Å². The van der Waals surface area contributed by atoms with Gasteiger partial charge >= 0.3 is 6.03 Å². The van der Waals surface area contributed by atoms with Crippen molar-refractivity contribution in [3.63, 3.8) is 0 Å². The summed E-state index contributed by atoms with van der Waals surface area (Å²) in [7, 11) is 0. The third-order valence-corrected chi connectivity index (χ3v) is 5.08. The number of rotatable bonds is 7. The number of urea groups is 1. The van der Waals surface area contributed by atoms with E-state index in [0.717, 1.165) is 50.7 Å². The van der Waals surface area contributed by atoms with Crippen LogP contribution in [0.1, 0.15) is 24.9 Å². The van der Waals surface area contributed by atoms with Gasteiger partial charge in [-0.2, -0.15) is 0 Å². The summed E-state index contributed by atoms with van der Waals surface area (Å²) in [6.07, 6.45) is 4.47. The molecule has 150 valence electrons. The Morgan fingerprint density at radius 2 is 1.93 bits per heavy atom. The number of halogens is 1. The molecule has 0 aliphatic carbocycles. The third kappa shape index (κ3) is 6.07. The Morgan fingerprint density at radius 1 is 1.18 bits per heavy atom. The molecule has 1 saturated heterocycles. The van der Waals surface area contributed by atoms with Crippen molar-refractivity contribution >= 4 is 23.6 Å². The number of nitrogens with zero attached hydrogens (tertiary/aromatic N) is 4. The molecule has 8 heteroatoms. The number of aromatic nitrogens is 2. The minimum absolute atomic E-state index is 0.0908. The van der Waals surface area contributed by atoms with Crippen LogP contribution in [0.3, 0.4) is 0 Å². The first-order valence-corrected chi connectivity index (χ1v) is 10.0. The summed E-state index contributed by atoms with van der Waals surface area (Å²) in [5.41, 5.74) is 0.989. The highest BCUT2D eigenvalue weighted by Gasteiger charge is 2.18. The van der Waals surface area contributed by atoms with E-state index in [0.29, 0.717) is 11.6 Å². The molecule has 3 rings (SSSR count). The van der Waals surface area contributed by atoms with Gasteiger partial charge in [0.15, 0.2) is 0 Å². The van der Waals surface area contributed by atoms with Crippen LogP contribution in [0.4, 0.5) is 10.7 Å². The number of benzene rings is 1. The standard InChI is InChI=1S/C20H27ClN6O/c1-16(17-5-2-6-18(21)15-17)25-20(28)24-9-4-10-26-11-13-27(14-12-26)19-22-7-3-8-23-19/h2-3,5-8,15-16H,4,9-14H2,1H3,(H2,24,25,28). The summed E-state index contributed by atoms with van der Waals surface area (Å²) in [6, 6.07) is 9.12. The Labute approximate surface area is 171 Å². The lowest BCUT2D eigenvalue weighted by Gasteiger charge is -2.34. The molecule has 7 nitrogen and oxygen atoms in total. The lowest BCUT2D eigenvalue weighted by Crippen LogP contribution is -2.47. The van der Waals surface area contributed by atoms with Crippen LogP contribution in [-0.4, -0.2) is 60.2 Å². The van der Waals surface area contributed by atoms with Gasteiger partial charge in [0, 0.05) is 50.1 Å². The predicted octanol–water partition coefficient (Wildman–Crippen LogP) is 2.70. The van der Waals surface area contributed by atoms with Crippen LogP contribution in [-0.2, 0) is 0 Å². The number of anilines is 1. The number of amides is 2. The number of nitrogens with one attached hydrogen (secondary N) is 2. The fourth-order valence-electron chi connectivity index (χ4n) is 3.24. The van der Waals surface area contributed by atoms with Gasteiger partial charge in [0.25, 0.3) is 0 Å². The van der Waals surface area contributed by atoms with E-state index >= 15 is 0 Å². The minimum Gasteiger partial charge on any atom is -0.338 e. The molecule has 1 aromatic heterocycles. The predicted molar refractivity (Wildman–Crippen MR) is 112 cm³/mol. The van der Waals surface area contributed by atoms with Gasteiger partial charge in [0.1, 0.15) is 0 Å². The molecular formula is C20H27ClN6O. The number of carbonyl (C=O) groups is 1. The van der Waals surface area contributed by atoms with Crippen molar-refractivity contribution in [2.24, 2.45) is 0 Å². The van der Waals surface area contributed by atoms with E-state index in [-0.39, 0.29) is 12.1 Å². The van der Waals surface area contributed by atoms with Gasteiger partial charge in [0.2, 0.25) is 5.95 Å². The van der Waals surface area contributed by atoms with E-state index in [1.54, 1.807) is 12.4 Å². The fourth-order valence-corrected chi connectivity index (χ4v) is 3.44. The van der Waals surface area contributed by atoms with E-state index in [9.17, 15) is 4.79 Å². The van der Waals surface area contributed by atoms with Crippen molar-refractivity contribution in [3.05, 3.63) is 53.3 Å². The molecule has 1 fully saturated rings. The summed E-state index contributed by atoms with van der Waals surface area (Å²) in [5.74, 6) is 0.800. The number of hydrogen-bond donors (Lipinski definition) is 2. The Hall–Kier alpha value is -2.38. The second-order valence-corrected chi connectivity index (χ2v) is 7.34. The Kier molecular flexibility index (Phi) is 7.45. The van der Waals surface area contributed by atoms with E-state index in [1.807, 2.05) is 37.3 Å². The molecule has 28 heavy (non-hydrogen) atoms. The molecule has 1 aromatic carbocycles. The van der Waals surface area contributed by atoms with Crippen molar-refractivity contribution in [1.29, 1.82) is 0 Å². The lowest BCUT2D eigenvalue weighted by molar-refractivity contribution is 0.233. The first kappa shape index (κ1) is 20.4. The van der Waals surface area contributed by atoms with Crippen LogP contribution in [0.15, 0.2) is 42.7 Å². The first-order chi connectivity index (χ1) is 13.6. The lowest BCUT2D eigenvalue weighted by atomic mass is 10.1. The zero-order chi connectivity index (χ0) is 19.8. The first-order valence-electron chi connectivity index (χ1n) is 9.66. The van der Waals surface area contributed by atoms with Crippen molar-refractivity contribution in [2.75, 3.05) is 44.2 Å². The highest BCUT2D eigenvalue weighted by molar-refractivity contribution is 6.30. The quantitative estimate of drug-likeness (QED) is 0.696. The number of piperazine rings is 1. The Balaban J connectivity index is 1.30. The SMILES string of the molecule is CC(NC(=O)NCCCN1CCN(c2ncccn2)CC1)c1cccc(Cl)c1. The topological polar surface area (TPSA) is 73.4 Å². The van der Waals surface area contributed by atoms with Crippen LogP contribution in [0.25, 0.3) is 0 Å². The second-order valence-electron chi connectivity index (χ2n) is 6.91. The van der Waals surface area contributed by atoms with Crippen LogP contribution in [0, 0.1) is 0 Å². The zero-order valence-corrected chi connectivity index (χ0v) is 16.9. The third-order valence-electron chi connectivity index (χ3n) is 4.84. The smallest absolute Gasteiger partial charge is 0.315 e. The van der Waals surface area contributed by atoms with Crippen LogP contribution >= 0.6 is 11.6 Å². The molecular weight excluding hydrogens is 376 g/mol. The van der Waals surface area contributed by atoms with Crippen molar-refractivity contribution in [1.82, 2.24) is 25.5 Å². The highest BCUT2D eigenvalue weighted by Crippen LogP contribution is 2.17. The Morgan fingerprint density at radius 3 is 2.64 bits per heavy atom. The summed E-state index contributed by atoms with van der Waals surface area (Å²) in [4.78, 5) is 25.3. The molecule has 0 saturated carbocycles. The van der Waals surface area contributed by atoms with Crippen LogP contribution in [0.2, 0.25) is 5.02 Å². The minimum atomic E-state index is -0.154. The van der Waals surface area contributed by atoms with Crippen LogP contribution < -0.4 is 15.5 Å². The fraction of sp³-hybridized carbons (Fsp3) is 0.450. The van der Waals surface area contributed by atoms with E-state index in [2.05, 4.69) is 30.4 Å². The molecule has 2 amide bonds. The second kappa shape index (κ2) is 10.2. The monoisotopic (exact) mass is 402 g/mol. The van der Waals surface area contributed by atoms with Gasteiger partial charge in [-0.3, -0.25) is 4.90 Å². The number of hydrogen-bond acceptors (Lipinski definition) is 5. The van der Waals surface area contributed by atoms with Gasteiger partial charge in [-0.25, -0.2) is 14.8 Å². The van der Waals surface area contributed by atoms with Crippen molar-refractivity contribution < 1.29 is 4.79 Å². The number of carbonyl (C=O) groups excluding carboxylic acids is 1. The van der Waals surface area contributed by atoms with Crippen LogP contribution in [0.5, 0.6) is 0 Å². The molecule has 1 aliphatic heterocycles. The largest absolute Gasteiger partial charge is 0.338 e. The molecule has 2 heterocycles. The Bertz CT molecular complexity index is 751. The van der Waals surface area contributed by atoms with Crippen molar-refractivity contribution in [3.8, 4) is 0 Å². The molecule has 0 radical (unpaired) electrons. The maximum atomic E-state index is 12.1. The average molecular weight is 403 g/mol. The maximum absolute atomic E-state index is 12.1. The summed E-state index contributed by atoms with van der Waals surface area (Å²) in [6.45, 7) is 7.38. The summed E-state index contributed by atoms with van der Waals surface area (Å²) < 4.78 is 0. The molecule has 0 spiro atoms. The molecule has 1 aliphatic rings. The highest BCUT2D eigenvalue weighted by atomic mass is 35.5. The van der Waals surface area contributed by atoms with Gasteiger partial charge in [0.05, 0.1) is 6.04 Å². The van der Waals surface area contributed by atoms with Gasteiger partial charge in [-0.15, -0.1) is 0 Å². The molecule has 2 N–H and O–H groups in total. The normalized spacial score (nSPS) is 15.9. The average Bonchev–Trinajstić information content (AvgIpc) is 2.72. The molecule has 2 aromatic rings. The summed E-state index contributed by atoms with van der Waals surface area (Å²) in [5, 5.41) is 6.55. The molecule has 1 unspecified atom stereocenters. The van der Waals surface area contributed by atoms with E-state index < -0.39 is 0 Å². The van der Waals surface area contributed by atoms with E-state index in [1.165, 1.54) is 0 Å². The maximum Gasteiger partial charge on any atom is 0.315 e. The zero-order valence-electron chi connectivity index (χ0n) is 16.1. The molecule has 1 atom stereocenters. The van der Waals surface area contributed by atoms with Gasteiger partial charge in [-0.1, -0.05) is 23.7 Å².